The summed E-state index contributed by atoms with van der Waals surface area (Å²) >= 11 is 1.33. The van der Waals surface area contributed by atoms with Crippen LogP contribution in [0, 0.1) is 0 Å². The van der Waals surface area contributed by atoms with Crippen LogP contribution in [-0.4, -0.2) is 29.2 Å². The van der Waals surface area contributed by atoms with Crippen molar-refractivity contribution in [3.8, 4) is 0 Å². The topological polar surface area (TPSA) is 82.3 Å². The lowest BCUT2D eigenvalue weighted by Crippen LogP contribution is -2.30. The molecule has 0 saturated heterocycles. The molecule has 0 bridgehead atoms. The predicted molar refractivity (Wildman–Crippen MR) is 60.1 cm³/mol. The molecular formula is C10H12N2O3S. The number of hydrogen-bond acceptors (Lipinski definition) is 5. The van der Waals surface area contributed by atoms with Crippen molar-refractivity contribution >= 4 is 23.6 Å². The molecule has 1 rings (SSSR count). The van der Waals surface area contributed by atoms with E-state index in [0.29, 0.717) is 10.6 Å². The van der Waals surface area contributed by atoms with Gasteiger partial charge in [0, 0.05) is 6.20 Å². The Labute approximate surface area is 97.4 Å². The summed E-state index contributed by atoms with van der Waals surface area (Å²) in [6.07, 6.45) is 2.44. The van der Waals surface area contributed by atoms with Gasteiger partial charge in [0.2, 0.25) is 0 Å². The average Bonchev–Trinajstić information content (AvgIpc) is 2.28. The third-order valence-electron chi connectivity index (χ3n) is 1.87. The largest absolute Gasteiger partial charge is 0.449 e. The third kappa shape index (κ3) is 2.96. The number of amides is 1. The molecule has 0 aromatic carbocycles. The van der Waals surface area contributed by atoms with Crippen LogP contribution in [0.25, 0.3) is 0 Å². The molecule has 0 aliphatic carbocycles. The molecule has 0 spiro atoms. The van der Waals surface area contributed by atoms with Gasteiger partial charge in [-0.1, -0.05) is 0 Å². The molecule has 1 aromatic rings. The Hall–Kier alpha value is -1.56. The maximum absolute atomic E-state index is 11.7. The molecule has 0 aliphatic heterocycles. The van der Waals surface area contributed by atoms with Crippen LogP contribution in [0.2, 0.25) is 0 Å². The molecule has 1 heterocycles. The van der Waals surface area contributed by atoms with Crippen molar-refractivity contribution in [1.29, 1.82) is 0 Å². The number of carbonyl (C=O) groups is 2. The number of nitrogens with zero attached hydrogens (tertiary/aromatic N) is 1. The number of ether oxygens (including phenoxy) is 1. The Morgan fingerprint density at radius 3 is 2.81 bits per heavy atom. The third-order valence-corrected chi connectivity index (χ3v) is 2.58. The number of rotatable bonds is 4. The fourth-order valence-corrected chi connectivity index (χ4v) is 1.53. The fraction of sp³-hybridized carbons (Fsp3) is 0.300. The Bertz CT molecular complexity index is 409. The maximum atomic E-state index is 11.7. The zero-order valence-electron chi connectivity index (χ0n) is 8.97. The van der Waals surface area contributed by atoms with E-state index in [1.54, 1.807) is 24.6 Å². The minimum Gasteiger partial charge on any atom is -0.449 e. The second kappa shape index (κ2) is 5.50. The highest BCUT2D eigenvalue weighted by atomic mass is 32.2. The van der Waals surface area contributed by atoms with Crippen LogP contribution in [0.1, 0.15) is 17.3 Å². The average molecular weight is 240 g/mol. The molecule has 6 heteroatoms. The molecule has 1 aromatic heterocycles. The van der Waals surface area contributed by atoms with Crippen molar-refractivity contribution in [3.05, 3.63) is 23.9 Å². The summed E-state index contributed by atoms with van der Waals surface area (Å²) < 4.78 is 4.87. The normalized spacial score (nSPS) is 11.9. The number of thioether (sulfide) groups is 1. The van der Waals surface area contributed by atoms with Crippen LogP contribution in [-0.2, 0) is 9.53 Å². The zero-order chi connectivity index (χ0) is 12.1. The van der Waals surface area contributed by atoms with E-state index in [2.05, 4.69) is 4.98 Å². The lowest BCUT2D eigenvalue weighted by atomic mass is 10.3. The SMILES string of the molecule is CSc1ncccc1C(=O)O[C@H](C)C(N)=O. The molecule has 0 aliphatic rings. The van der Waals surface area contributed by atoms with Gasteiger partial charge in [-0.2, -0.15) is 0 Å². The van der Waals surface area contributed by atoms with Gasteiger partial charge in [0.25, 0.3) is 5.91 Å². The van der Waals surface area contributed by atoms with E-state index < -0.39 is 18.0 Å². The van der Waals surface area contributed by atoms with Crippen molar-refractivity contribution in [3.63, 3.8) is 0 Å². The second-order valence-electron chi connectivity index (χ2n) is 3.01. The molecule has 0 unspecified atom stereocenters. The van der Waals surface area contributed by atoms with Crippen LogP contribution in [0.5, 0.6) is 0 Å². The van der Waals surface area contributed by atoms with Gasteiger partial charge in [-0.25, -0.2) is 9.78 Å². The highest BCUT2D eigenvalue weighted by Gasteiger charge is 2.18. The van der Waals surface area contributed by atoms with E-state index in [9.17, 15) is 9.59 Å². The van der Waals surface area contributed by atoms with Gasteiger partial charge < -0.3 is 10.5 Å². The monoisotopic (exact) mass is 240 g/mol. The summed E-state index contributed by atoms with van der Waals surface area (Å²) in [5.74, 6) is -1.27. The zero-order valence-corrected chi connectivity index (χ0v) is 9.78. The smallest absolute Gasteiger partial charge is 0.341 e. The first kappa shape index (κ1) is 12.5. The van der Waals surface area contributed by atoms with Crippen LogP contribution in [0.15, 0.2) is 23.4 Å². The van der Waals surface area contributed by atoms with E-state index >= 15 is 0 Å². The van der Waals surface area contributed by atoms with Crippen molar-refractivity contribution in [1.82, 2.24) is 4.98 Å². The maximum Gasteiger partial charge on any atom is 0.341 e. The number of primary amides is 1. The lowest BCUT2D eigenvalue weighted by Gasteiger charge is -2.10. The quantitative estimate of drug-likeness (QED) is 0.622. The van der Waals surface area contributed by atoms with Gasteiger partial charge in [0.05, 0.1) is 5.56 Å². The second-order valence-corrected chi connectivity index (χ2v) is 3.81. The first-order valence-electron chi connectivity index (χ1n) is 4.55. The molecule has 0 radical (unpaired) electrons. The summed E-state index contributed by atoms with van der Waals surface area (Å²) in [5, 5.41) is 0.559. The molecule has 16 heavy (non-hydrogen) atoms. The number of aromatic nitrogens is 1. The molecule has 86 valence electrons. The standard InChI is InChI=1S/C10H12N2O3S/c1-6(8(11)13)15-10(14)7-4-3-5-12-9(7)16-2/h3-6H,1-2H3,(H2,11,13)/t6-/m1/s1. The summed E-state index contributed by atoms with van der Waals surface area (Å²) in [7, 11) is 0. The number of carbonyl (C=O) groups excluding carboxylic acids is 2. The van der Waals surface area contributed by atoms with E-state index in [1.165, 1.54) is 18.7 Å². The van der Waals surface area contributed by atoms with Crippen molar-refractivity contribution < 1.29 is 14.3 Å². The molecular weight excluding hydrogens is 228 g/mol. The Morgan fingerprint density at radius 1 is 1.56 bits per heavy atom. The van der Waals surface area contributed by atoms with Gasteiger partial charge in [0.1, 0.15) is 5.03 Å². The summed E-state index contributed by atoms with van der Waals surface area (Å²) in [6, 6.07) is 3.22. The van der Waals surface area contributed by atoms with Crippen molar-refractivity contribution in [2.45, 2.75) is 18.1 Å². The summed E-state index contributed by atoms with van der Waals surface area (Å²) in [6.45, 7) is 1.43. The van der Waals surface area contributed by atoms with Crippen LogP contribution in [0.3, 0.4) is 0 Å². The van der Waals surface area contributed by atoms with Crippen molar-refractivity contribution in [2.24, 2.45) is 5.73 Å². The van der Waals surface area contributed by atoms with Gasteiger partial charge in [-0.05, 0) is 25.3 Å². The van der Waals surface area contributed by atoms with Crippen LogP contribution >= 0.6 is 11.8 Å². The Morgan fingerprint density at radius 2 is 2.25 bits per heavy atom. The minimum absolute atomic E-state index is 0.336. The number of nitrogens with two attached hydrogens (primary N) is 1. The predicted octanol–water partition coefficient (Wildman–Crippen LogP) is 0.834. The molecule has 0 saturated carbocycles. The first-order valence-corrected chi connectivity index (χ1v) is 5.78. The minimum atomic E-state index is -0.942. The highest BCUT2D eigenvalue weighted by Crippen LogP contribution is 2.18. The van der Waals surface area contributed by atoms with Crippen LogP contribution < -0.4 is 5.73 Å². The van der Waals surface area contributed by atoms with E-state index in [1.807, 2.05) is 0 Å². The van der Waals surface area contributed by atoms with Gasteiger partial charge in [0.15, 0.2) is 6.10 Å². The number of pyridine rings is 1. The first-order chi connectivity index (χ1) is 7.56. The van der Waals surface area contributed by atoms with Crippen molar-refractivity contribution in [2.75, 3.05) is 6.26 Å². The van der Waals surface area contributed by atoms with E-state index in [-0.39, 0.29) is 0 Å². The summed E-state index contributed by atoms with van der Waals surface area (Å²) in [5.41, 5.74) is 5.33. The molecule has 1 atom stereocenters. The Balaban J connectivity index is 2.84. The van der Waals surface area contributed by atoms with E-state index in [4.69, 9.17) is 10.5 Å². The van der Waals surface area contributed by atoms with Gasteiger partial charge in [-0.15, -0.1) is 11.8 Å². The molecule has 5 nitrogen and oxygen atoms in total. The molecule has 1 amide bonds. The number of hydrogen-bond donors (Lipinski definition) is 1. The summed E-state index contributed by atoms with van der Waals surface area (Å²) in [4.78, 5) is 26.4. The molecule has 0 fully saturated rings. The highest BCUT2D eigenvalue weighted by molar-refractivity contribution is 7.98. The molecule has 2 N–H and O–H groups in total. The van der Waals surface area contributed by atoms with Crippen LogP contribution in [0.4, 0.5) is 0 Å². The lowest BCUT2D eigenvalue weighted by molar-refractivity contribution is -0.125. The van der Waals surface area contributed by atoms with Gasteiger partial charge in [-0.3, -0.25) is 4.79 Å². The Kier molecular flexibility index (Phi) is 4.30. The van der Waals surface area contributed by atoms with E-state index in [0.717, 1.165) is 0 Å². The van der Waals surface area contributed by atoms with Gasteiger partial charge >= 0.3 is 5.97 Å². The number of esters is 1. The fourth-order valence-electron chi connectivity index (χ4n) is 0.991.